The van der Waals surface area contributed by atoms with Crippen LogP contribution in [0.4, 0.5) is 5.69 Å². The van der Waals surface area contributed by atoms with E-state index in [1.165, 1.54) is 6.07 Å². The lowest BCUT2D eigenvalue weighted by Crippen LogP contribution is -1.88. The number of nitro groups is 1. The Labute approximate surface area is 119 Å². The maximum atomic E-state index is 10.9. The second-order valence-electron chi connectivity index (χ2n) is 5.00. The van der Waals surface area contributed by atoms with E-state index in [1.807, 2.05) is 36.4 Å². The summed E-state index contributed by atoms with van der Waals surface area (Å²) in [6.45, 7) is 0. The molecule has 4 nitrogen and oxygen atoms in total. The summed E-state index contributed by atoms with van der Waals surface area (Å²) < 4.78 is 0. The second-order valence-corrected chi connectivity index (χ2v) is 5.00. The van der Waals surface area contributed by atoms with Gasteiger partial charge >= 0.3 is 0 Å². The zero-order valence-electron chi connectivity index (χ0n) is 11.0. The van der Waals surface area contributed by atoms with Gasteiger partial charge in [-0.05, 0) is 40.4 Å². The Morgan fingerprint density at radius 3 is 2.52 bits per heavy atom. The molecule has 100 valence electrons. The van der Waals surface area contributed by atoms with Gasteiger partial charge in [0.25, 0.3) is 5.69 Å². The Hall–Kier alpha value is -3.01. The van der Waals surface area contributed by atoms with Crippen molar-refractivity contribution >= 4 is 38.1 Å². The summed E-state index contributed by atoms with van der Waals surface area (Å²) in [5.74, 6) is 0. The number of nitrogens with zero attached hydrogens (tertiary/aromatic N) is 2. The first-order chi connectivity index (χ1) is 10.2. The molecule has 0 aliphatic heterocycles. The van der Waals surface area contributed by atoms with Crippen molar-refractivity contribution in [3.63, 3.8) is 0 Å². The molecule has 0 atom stereocenters. The number of benzene rings is 3. The zero-order valence-corrected chi connectivity index (χ0v) is 11.0. The molecule has 0 aliphatic carbocycles. The minimum atomic E-state index is -0.369. The average Bonchev–Trinajstić information content (AvgIpc) is 2.52. The molecule has 1 heterocycles. The summed E-state index contributed by atoms with van der Waals surface area (Å²) in [7, 11) is 0. The molecule has 0 saturated carbocycles. The molecule has 0 N–H and O–H groups in total. The SMILES string of the molecule is O=[N+]([O-])c1ccc2cc3c(ccc4cccnc43)cc2c1. The summed E-state index contributed by atoms with van der Waals surface area (Å²) >= 11 is 0. The van der Waals surface area contributed by atoms with Crippen LogP contribution in [0.25, 0.3) is 32.4 Å². The second kappa shape index (κ2) is 4.24. The van der Waals surface area contributed by atoms with Gasteiger partial charge in [-0.2, -0.15) is 0 Å². The summed E-state index contributed by atoms with van der Waals surface area (Å²) in [5.41, 5.74) is 1.07. The molecule has 4 rings (SSSR count). The number of fused-ring (bicyclic) bond motifs is 4. The lowest BCUT2D eigenvalue weighted by molar-refractivity contribution is -0.384. The van der Waals surface area contributed by atoms with Crippen LogP contribution in [0, 0.1) is 10.1 Å². The number of pyridine rings is 1. The van der Waals surface area contributed by atoms with E-state index < -0.39 is 0 Å². The summed E-state index contributed by atoms with van der Waals surface area (Å²) in [4.78, 5) is 15.0. The molecule has 4 heteroatoms. The van der Waals surface area contributed by atoms with Gasteiger partial charge in [0.05, 0.1) is 10.4 Å². The first kappa shape index (κ1) is 11.8. The molecule has 0 spiro atoms. The van der Waals surface area contributed by atoms with Crippen LogP contribution in [-0.4, -0.2) is 9.91 Å². The fraction of sp³-hybridized carbons (Fsp3) is 0. The van der Waals surface area contributed by atoms with Crippen molar-refractivity contribution in [2.24, 2.45) is 0 Å². The predicted octanol–water partition coefficient (Wildman–Crippen LogP) is 4.45. The van der Waals surface area contributed by atoms with Crippen molar-refractivity contribution in [1.82, 2.24) is 4.98 Å². The number of aromatic nitrogens is 1. The van der Waals surface area contributed by atoms with Crippen molar-refractivity contribution in [3.05, 3.63) is 70.9 Å². The molecule has 0 fully saturated rings. The molecule has 0 bridgehead atoms. The van der Waals surface area contributed by atoms with Crippen LogP contribution in [0.3, 0.4) is 0 Å². The third-order valence-corrected chi connectivity index (χ3v) is 3.74. The van der Waals surface area contributed by atoms with Crippen LogP contribution in [-0.2, 0) is 0 Å². The quantitative estimate of drug-likeness (QED) is 0.223. The van der Waals surface area contributed by atoms with Gasteiger partial charge in [0.2, 0.25) is 0 Å². The number of rotatable bonds is 1. The van der Waals surface area contributed by atoms with Gasteiger partial charge < -0.3 is 0 Å². The Morgan fingerprint density at radius 1 is 0.857 bits per heavy atom. The molecule has 4 aromatic rings. The smallest absolute Gasteiger partial charge is 0.258 e. The van der Waals surface area contributed by atoms with Crippen LogP contribution >= 0.6 is 0 Å². The monoisotopic (exact) mass is 274 g/mol. The molecule has 3 aromatic carbocycles. The highest BCUT2D eigenvalue weighted by Crippen LogP contribution is 2.29. The largest absolute Gasteiger partial charge is 0.270 e. The standard InChI is InChI=1S/C17H10N2O2/c20-19(21)15-6-5-12-10-16-13(8-14(12)9-15)4-3-11-2-1-7-18-17(11)16/h1-10H. The summed E-state index contributed by atoms with van der Waals surface area (Å²) in [6, 6.07) is 16.9. The maximum Gasteiger partial charge on any atom is 0.270 e. The molecule has 0 amide bonds. The highest BCUT2D eigenvalue weighted by atomic mass is 16.6. The normalized spacial score (nSPS) is 11.2. The van der Waals surface area contributed by atoms with Gasteiger partial charge in [0.15, 0.2) is 0 Å². The van der Waals surface area contributed by atoms with Gasteiger partial charge in [-0.3, -0.25) is 15.1 Å². The third-order valence-electron chi connectivity index (χ3n) is 3.74. The topological polar surface area (TPSA) is 56.0 Å². The minimum absolute atomic E-state index is 0.112. The molecule has 1 aromatic heterocycles. The van der Waals surface area contributed by atoms with Gasteiger partial charge in [0, 0.05) is 29.1 Å². The highest BCUT2D eigenvalue weighted by Gasteiger charge is 2.08. The van der Waals surface area contributed by atoms with Crippen LogP contribution < -0.4 is 0 Å². The first-order valence-electron chi connectivity index (χ1n) is 6.58. The average molecular weight is 274 g/mol. The number of non-ortho nitro benzene ring substituents is 1. The molecular formula is C17H10N2O2. The lowest BCUT2D eigenvalue weighted by atomic mass is 10.0. The van der Waals surface area contributed by atoms with E-state index >= 15 is 0 Å². The van der Waals surface area contributed by atoms with E-state index in [0.717, 1.165) is 32.4 Å². The Kier molecular flexibility index (Phi) is 2.38. The molecule has 0 unspecified atom stereocenters. The van der Waals surface area contributed by atoms with Crippen molar-refractivity contribution in [2.45, 2.75) is 0 Å². The molecule has 0 aliphatic rings. The van der Waals surface area contributed by atoms with Gasteiger partial charge in [-0.25, -0.2) is 0 Å². The fourth-order valence-corrected chi connectivity index (χ4v) is 2.72. The Morgan fingerprint density at radius 2 is 1.67 bits per heavy atom. The third kappa shape index (κ3) is 1.80. The molecule has 0 radical (unpaired) electrons. The van der Waals surface area contributed by atoms with Crippen molar-refractivity contribution in [2.75, 3.05) is 0 Å². The number of hydrogen-bond donors (Lipinski definition) is 0. The zero-order chi connectivity index (χ0) is 14.4. The van der Waals surface area contributed by atoms with Crippen molar-refractivity contribution in [3.8, 4) is 0 Å². The van der Waals surface area contributed by atoms with E-state index in [-0.39, 0.29) is 10.6 Å². The highest BCUT2D eigenvalue weighted by molar-refractivity contribution is 6.10. The Balaban J connectivity index is 2.12. The van der Waals surface area contributed by atoms with E-state index in [2.05, 4.69) is 4.98 Å². The van der Waals surface area contributed by atoms with E-state index in [0.29, 0.717) is 0 Å². The summed E-state index contributed by atoms with van der Waals surface area (Å²) in [5, 5.41) is 15.9. The molecule has 21 heavy (non-hydrogen) atoms. The first-order valence-corrected chi connectivity index (χ1v) is 6.58. The molecule has 0 saturated heterocycles. The van der Waals surface area contributed by atoms with Gasteiger partial charge in [-0.1, -0.05) is 18.2 Å². The minimum Gasteiger partial charge on any atom is -0.258 e. The van der Waals surface area contributed by atoms with E-state index in [1.54, 1.807) is 18.3 Å². The van der Waals surface area contributed by atoms with Crippen LogP contribution in [0.2, 0.25) is 0 Å². The van der Waals surface area contributed by atoms with Crippen LogP contribution in [0.5, 0.6) is 0 Å². The van der Waals surface area contributed by atoms with Gasteiger partial charge in [0.1, 0.15) is 0 Å². The number of hydrogen-bond acceptors (Lipinski definition) is 3. The Bertz CT molecular complexity index is 1020. The van der Waals surface area contributed by atoms with E-state index in [9.17, 15) is 10.1 Å². The predicted molar refractivity (Wildman–Crippen MR) is 83.4 cm³/mol. The van der Waals surface area contributed by atoms with Crippen molar-refractivity contribution < 1.29 is 4.92 Å². The molecular weight excluding hydrogens is 264 g/mol. The van der Waals surface area contributed by atoms with Gasteiger partial charge in [-0.15, -0.1) is 0 Å². The van der Waals surface area contributed by atoms with Crippen LogP contribution in [0.15, 0.2) is 60.8 Å². The fourth-order valence-electron chi connectivity index (χ4n) is 2.72. The van der Waals surface area contributed by atoms with E-state index in [4.69, 9.17) is 0 Å². The summed E-state index contributed by atoms with van der Waals surface area (Å²) in [6.07, 6.45) is 1.78. The lowest BCUT2D eigenvalue weighted by Gasteiger charge is -2.05. The number of nitro benzene ring substituents is 1. The van der Waals surface area contributed by atoms with Crippen LogP contribution in [0.1, 0.15) is 0 Å². The maximum absolute atomic E-state index is 10.9. The van der Waals surface area contributed by atoms with Crippen molar-refractivity contribution in [1.29, 1.82) is 0 Å².